The third-order valence-corrected chi connectivity index (χ3v) is 3.67. The molecule has 4 heteroatoms. The molecule has 2 rings (SSSR count). The first-order valence-electron chi connectivity index (χ1n) is 7.33. The van der Waals surface area contributed by atoms with Gasteiger partial charge >= 0.3 is 0 Å². The first kappa shape index (κ1) is 14.6. The molecule has 0 bridgehead atoms. The summed E-state index contributed by atoms with van der Waals surface area (Å²) >= 11 is 0. The molecule has 2 amide bonds. The molecule has 0 radical (unpaired) electrons. The molecular weight excluding hydrogens is 252 g/mol. The lowest BCUT2D eigenvalue weighted by molar-refractivity contribution is -0.125. The van der Waals surface area contributed by atoms with Crippen molar-refractivity contribution < 1.29 is 9.59 Å². The molecule has 0 saturated heterocycles. The fourth-order valence-electron chi connectivity index (χ4n) is 2.33. The van der Waals surface area contributed by atoms with Crippen LogP contribution in [0.3, 0.4) is 0 Å². The minimum absolute atomic E-state index is 0.00998. The lowest BCUT2D eigenvalue weighted by Crippen LogP contribution is -2.28. The maximum absolute atomic E-state index is 12.1. The quantitative estimate of drug-likeness (QED) is 0.836. The molecular formula is C16H22N2O2. The Morgan fingerprint density at radius 2 is 1.85 bits per heavy atom. The number of nitrogens with one attached hydrogen (secondary N) is 2. The molecule has 2 atom stereocenters. The van der Waals surface area contributed by atoms with E-state index in [1.165, 1.54) is 0 Å². The van der Waals surface area contributed by atoms with Gasteiger partial charge in [0.2, 0.25) is 11.8 Å². The summed E-state index contributed by atoms with van der Waals surface area (Å²) in [5.74, 6) is -0.342. The van der Waals surface area contributed by atoms with E-state index in [2.05, 4.69) is 17.6 Å². The van der Waals surface area contributed by atoms with E-state index >= 15 is 0 Å². The van der Waals surface area contributed by atoms with Gasteiger partial charge in [0.15, 0.2) is 0 Å². The van der Waals surface area contributed by atoms with Gasteiger partial charge in [0, 0.05) is 12.2 Å². The van der Waals surface area contributed by atoms with Crippen LogP contribution in [0.4, 0.5) is 5.69 Å². The molecule has 1 fully saturated rings. The number of carbonyl (C=O) groups is 2. The summed E-state index contributed by atoms with van der Waals surface area (Å²) in [4.78, 5) is 23.9. The molecule has 1 aliphatic rings. The van der Waals surface area contributed by atoms with E-state index in [-0.39, 0.29) is 23.7 Å². The Kier molecular flexibility index (Phi) is 4.77. The predicted molar refractivity (Wildman–Crippen MR) is 79.3 cm³/mol. The van der Waals surface area contributed by atoms with E-state index in [0.717, 1.165) is 24.1 Å². The second-order valence-corrected chi connectivity index (χ2v) is 5.24. The maximum Gasteiger partial charge on any atom is 0.228 e. The highest BCUT2D eigenvalue weighted by atomic mass is 16.2. The van der Waals surface area contributed by atoms with Crippen molar-refractivity contribution in [3.63, 3.8) is 0 Å². The molecule has 2 unspecified atom stereocenters. The Bertz CT molecular complexity index is 499. The second-order valence-electron chi connectivity index (χ2n) is 5.24. The zero-order valence-corrected chi connectivity index (χ0v) is 12.1. The van der Waals surface area contributed by atoms with Crippen molar-refractivity contribution in [2.45, 2.75) is 33.1 Å². The minimum atomic E-state index is -0.170. The summed E-state index contributed by atoms with van der Waals surface area (Å²) in [7, 11) is 0. The van der Waals surface area contributed by atoms with Crippen molar-refractivity contribution in [3.8, 4) is 0 Å². The topological polar surface area (TPSA) is 58.2 Å². The van der Waals surface area contributed by atoms with Gasteiger partial charge in [0.1, 0.15) is 0 Å². The van der Waals surface area contributed by atoms with Crippen LogP contribution >= 0.6 is 0 Å². The largest absolute Gasteiger partial charge is 0.356 e. The maximum atomic E-state index is 12.1. The van der Waals surface area contributed by atoms with Crippen molar-refractivity contribution >= 4 is 17.5 Å². The highest BCUT2D eigenvalue weighted by Gasteiger charge is 2.47. The molecule has 1 aromatic rings. The average molecular weight is 274 g/mol. The highest BCUT2D eigenvalue weighted by molar-refractivity contribution is 5.99. The van der Waals surface area contributed by atoms with Gasteiger partial charge in [-0.1, -0.05) is 32.0 Å². The molecule has 4 nitrogen and oxygen atoms in total. The number of rotatable bonds is 6. The second kappa shape index (κ2) is 6.55. The minimum Gasteiger partial charge on any atom is -0.356 e. The SMILES string of the molecule is CCCNC(=O)C1CC1C(=O)Nc1ccccc1CC. The first-order chi connectivity index (χ1) is 9.67. The molecule has 108 valence electrons. The van der Waals surface area contributed by atoms with Gasteiger partial charge in [-0.2, -0.15) is 0 Å². The van der Waals surface area contributed by atoms with E-state index in [0.29, 0.717) is 13.0 Å². The standard InChI is InChI=1S/C16H22N2O2/c1-3-9-17-15(19)12-10-13(12)16(20)18-14-8-6-5-7-11(14)4-2/h5-8,12-13H,3-4,9-10H2,1-2H3,(H,17,19)(H,18,20). The van der Waals surface area contributed by atoms with Crippen LogP contribution in [0.5, 0.6) is 0 Å². The lowest BCUT2D eigenvalue weighted by Gasteiger charge is -2.09. The summed E-state index contributed by atoms with van der Waals surface area (Å²) in [6.07, 6.45) is 2.45. The van der Waals surface area contributed by atoms with Crippen LogP contribution in [0.1, 0.15) is 32.3 Å². The molecule has 1 aromatic carbocycles. The zero-order chi connectivity index (χ0) is 14.5. The number of hydrogen-bond acceptors (Lipinski definition) is 2. The van der Waals surface area contributed by atoms with Crippen molar-refractivity contribution in [1.29, 1.82) is 0 Å². The monoisotopic (exact) mass is 274 g/mol. The summed E-state index contributed by atoms with van der Waals surface area (Å²) in [6, 6.07) is 7.79. The fourth-order valence-corrected chi connectivity index (χ4v) is 2.33. The summed E-state index contributed by atoms with van der Waals surface area (Å²) in [5.41, 5.74) is 1.98. The third kappa shape index (κ3) is 3.38. The Balaban J connectivity index is 1.89. The first-order valence-corrected chi connectivity index (χ1v) is 7.33. The van der Waals surface area contributed by atoms with Crippen LogP contribution in [0.2, 0.25) is 0 Å². The van der Waals surface area contributed by atoms with Crippen molar-refractivity contribution in [3.05, 3.63) is 29.8 Å². The number of carbonyl (C=O) groups excluding carboxylic acids is 2. The summed E-state index contributed by atoms with van der Waals surface area (Å²) in [6.45, 7) is 4.75. The summed E-state index contributed by atoms with van der Waals surface area (Å²) in [5, 5.41) is 5.79. The third-order valence-electron chi connectivity index (χ3n) is 3.67. The van der Waals surface area contributed by atoms with Crippen molar-refractivity contribution in [1.82, 2.24) is 5.32 Å². The van der Waals surface area contributed by atoms with Crippen LogP contribution in [0, 0.1) is 11.8 Å². The molecule has 1 aliphatic carbocycles. The van der Waals surface area contributed by atoms with Gasteiger partial charge in [-0.25, -0.2) is 0 Å². The van der Waals surface area contributed by atoms with Gasteiger partial charge in [0.05, 0.1) is 11.8 Å². The van der Waals surface area contributed by atoms with Crippen LogP contribution in [-0.4, -0.2) is 18.4 Å². The molecule has 0 spiro atoms. The van der Waals surface area contributed by atoms with Gasteiger partial charge < -0.3 is 10.6 Å². The Morgan fingerprint density at radius 1 is 1.15 bits per heavy atom. The van der Waals surface area contributed by atoms with Gasteiger partial charge in [-0.05, 0) is 30.9 Å². The van der Waals surface area contributed by atoms with Crippen LogP contribution in [0.15, 0.2) is 24.3 Å². The fraction of sp³-hybridized carbons (Fsp3) is 0.500. The predicted octanol–water partition coefficient (Wildman–Crippen LogP) is 2.35. The number of hydrogen-bond donors (Lipinski definition) is 2. The molecule has 2 N–H and O–H groups in total. The van der Waals surface area contributed by atoms with E-state index in [9.17, 15) is 9.59 Å². The van der Waals surface area contributed by atoms with Crippen molar-refractivity contribution in [2.75, 3.05) is 11.9 Å². The zero-order valence-electron chi connectivity index (χ0n) is 12.1. The smallest absolute Gasteiger partial charge is 0.228 e. The number of para-hydroxylation sites is 1. The van der Waals surface area contributed by atoms with Crippen LogP contribution in [0.25, 0.3) is 0 Å². The van der Waals surface area contributed by atoms with Gasteiger partial charge in [-0.15, -0.1) is 0 Å². The Hall–Kier alpha value is -1.84. The van der Waals surface area contributed by atoms with Gasteiger partial charge in [0.25, 0.3) is 0 Å². The Labute approximate surface area is 119 Å². The van der Waals surface area contributed by atoms with E-state index < -0.39 is 0 Å². The molecule has 0 heterocycles. The average Bonchev–Trinajstić information content (AvgIpc) is 3.26. The number of aryl methyl sites for hydroxylation is 1. The van der Waals surface area contributed by atoms with E-state index in [1.54, 1.807) is 0 Å². The normalized spacial score (nSPS) is 20.3. The molecule has 0 aromatic heterocycles. The highest BCUT2D eigenvalue weighted by Crippen LogP contribution is 2.39. The van der Waals surface area contributed by atoms with E-state index in [4.69, 9.17) is 0 Å². The van der Waals surface area contributed by atoms with Crippen molar-refractivity contribution in [2.24, 2.45) is 11.8 Å². The van der Waals surface area contributed by atoms with Gasteiger partial charge in [-0.3, -0.25) is 9.59 Å². The van der Waals surface area contributed by atoms with E-state index in [1.807, 2.05) is 31.2 Å². The lowest BCUT2D eigenvalue weighted by atomic mass is 10.1. The number of benzene rings is 1. The Morgan fingerprint density at radius 3 is 2.55 bits per heavy atom. The number of amides is 2. The molecule has 1 saturated carbocycles. The molecule has 0 aliphatic heterocycles. The summed E-state index contributed by atoms with van der Waals surface area (Å²) < 4.78 is 0. The number of anilines is 1. The van der Waals surface area contributed by atoms with Crippen LogP contribution < -0.4 is 10.6 Å². The molecule has 20 heavy (non-hydrogen) atoms. The van der Waals surface area contributed by atoms with Crippen LogP contribution in [-0.2, 0) is 16.0 Å².